The Kier molecular flexibility index (Phi) is 11.1. The second-order valence-corrected chi connectivity index (χ2v) is 10.2. The van der Waals surface area contributed by atoms with E-state index in [1.165, 1.54) is 0 Å². The van der Waals surface area contributed by atoms with E-state index in [1.807, 2.05) is 98.0 Å². The minimum absolute atomic E-state index is 0.649. The molecule has 0 aliphatic heterocycles. The molecule has 0 unspecified atom stereocenters. The summed E-state index contributed by atoms with van der Waals surface area (Å²) in [5.41, 5.74) is 6.58. The smallest absolute Gasteiger partial charge is 0.138 e. The lowest BCUT2D eigenvalue weighted by molar-refractivity contribution is 0.669. The fraction of sp³-hybridized carbons (Fsp3) is 0.0233. The van der Waals surface area contributed by atoms with Gasteiger partial charge in [0.1, 0.15) is 11.2 Å². The predicted molar refractivity (Wildman–Crippen MR) is 203 cm³/mol. The molecule has 3 heteroatoms. The maximum atomic E-state index is 6.72. The molecule has 0 amide bonds. The van der Waals surface area contributed by atoms with E-state index < -0.39 is 0 Å². The van der Waals surface area contributed by atoms with Crippen molar-refractivity contribution in [2.45, 2.75) is 6.92 Å². The molecule has 0 radical (unpaired) electrons. The van der Waals surface area contributed by atoms with Gasteiger partial charge in [-0.25, -0.2) is 0 Å². The van der Waals surface area contributed by atoms with Crippen LogP contribution < -0.4 is 20.2 Å². The van der Waals surface area contributed by atoms with E-state index >= 15 is 0 Å². The molecular formula is C43H40N2O. The summed E-state index contributed by atoms with van der Waals surface area (Å²) in [5, 5.41) is 3.41. The second-order valence-electron chi connectivity index (χ2n) is 10.2. The SMILES string of the molecule is C=C/C=C(\C=C)N(C(/C=C\C)=C/C=C)c1cc2oc3cc(N(/C(C=C)=C/C=C)c4ccccc4)ccc3c2c(=C)ccccc1=C. The van der Waals surface area contributed by atoms with Crippen LogP contribution in [0.2, 0.25) is 0 Å². The van der Waals surface area contributed by atoms with Crippen molar-refractivity contribution in [1.29, 1.82) is 0 Å². The van der Waals surface area contributed by atoms with Gasteiger partial charge in [0, 0.05) is 51.4 Å². The Morgan fingerprint density at radius 1 is 0.630 bits per heavy atom. The average Bonchev–Trinajstić information content (AvgIpc) is 3.43. The van der Waals surface area contributed by atoms with E-state index in [9.17, 15) is 0 Å². The number of allylic oxidation sites excluding steroid dienone is 10. The topological polar surface area (TPSA) is 19.6 Å². The first-order valence-corrected chi connectivity index (χ1v) is 14.9. The molecule has 0 saturated carbocycles. The van der Waals surface area contributed by atoms with Crippen LogP contribution in [0.5, 0.6) is 0 Å². The van der Waals surface area contributed by atoms with Gasteiger partial charge in [-0.1, -0.05) is 113 Å². The molecule has 0 aliphatic carbocycles. The van der Waals surface area contributed by atoms with Gasteiger partial charge < -0.3 is 14.2 Å². The van der Waals surface area contributed by atoms with Crippen molar-refractivity contribution in [3.8, 4) is 0 Å². The fourth-order valence-corrected chi connectivity index (χ4v) is 5.27. The fourth-order valence-electron chi connectivity index (χ4n) is 5.27. The van der Waals surface area contributed by atoms with Crippen molar-refractivity contribution in [3.05, 3.63) is 200 Å². The number of hydrogen-bond acceptors (Lipinski definition) is 3. The zero-order valence-electron chi connectivity index (χ0n) is 26.5. The molecule has 228 valence electrons. The number of rotatable bonds is 12. The van der Waals surface area contributed by atoms with E-state index in [4.69, 9.17) is 4.42 Å². The summed E-state index contributed by atoms with van der Waals surface area (Å²) in [7, 11) is 0. The van der Waals surface area contributed by atoms with Crippen LogP contribution in [0.25, 0.3) is 35.1 Å². The number of para-hydroxylation sites is 1. The molecule has 0 N–H and O–H groups in total. The Morgan fingerprint density at radius 2 is 1.24 bits per heavy atom. The number of furan rings is 1. The Balaban J connectivity index is 2.15. The number of benzene rings is 2. The molecule has 0 fully saturated rings. The quantitative estimate of drug-likeness (QED) is 0.151. The maximum absolute atomic E-state index is 6.72. The Hall–Kier alpha value is -6.06. The zero-order valence-corrected chi connectivity index (χ0v) is 26.5. The Bertz CT molecular complexity index is 2090. The first kappa shape index (κ1) is 32.8. The van der Waals surface area contributed by atoms with Gasteiger partial charge in [0.15, 0.2) is 0 Å². The monoisotopic (exact) mass is 600 g/mol. The van der Waals surface area contributed by atoms with Gasteiger partial charge in [-0.3, -0.25) is 0 Å². The highest BCUT2D eigenvalue weighted by Gasteiger charge is 2.18. The second kappa shape index (κ2) is 15.6. The van der Waals surface area contributed by atoms with Crippen molar-refractivity contribution in [1.82, 2.24) is 0 Å². The number of hydrogen-bond donors (Lipinski definition) is 0. The van der Waals surface area contributed by atoms with Gasteiger partial charge in [0.25, 0.3) is 0 Å². The summed E-state index contributed by atoms with van der Waals surface area (Å²) in [4.78, 5) is 4.18. The molecule has 3 nitrogen and oxygen atoms in total. The van der Waals surface area contributed by atoms with Crippen LogP contribution in [0.15, 0.2) is 194 Å². The van der Waals surface area contributed by atoms with Crippen molar-refractivity contribution in [3.63, 3.8) is 0 Å². The lowest BCUT2D eigenvalue weighted by atomic mass is 10.1. The first-order chi connectivity index (χ1) is 22.4. The molecule has 0 aliphatic rings. The lowest BCUT2D eigenvalue weighted by Crippen LogP contribution is -2.24. The number of fused-ring (bicyclic) bond motifs is 3. The highest BCUT2D eigenvalue weighted by molar-refractivity contribution is 6.06. The normalized spacial score (nSPS) is 12.1. The molecule has 0 atom stereocenters. The van der Waals surface area contributed by atoms with E-state index in [-0.39, 0.29) is 0 Å². The van der Waals surface area contributed by atoms with E-state index in [2.05, 4.69) is 80.1 Å². The third-order valence-corrected chi connectivity index (χ3v) is 7.23. The van der Waals surface area contributed by atoms with Gasteiger partial charge >= 0.3 is 0 Å². The van der Waals surface area contributed by atoms with Crippen molar-refractivity contribution >= 4 is 52.2 Å². The van der Waals surface area contributed by atoms with Crippen LogP contribution in [0.4, 0.5) is 17.1 Å². The van der Waals surface area contributed by atoms with Crippen LogP contribution >= 0.6 is 0 Å². The van der Waals surface area contributed by atoms with Gasteiger partial charge in [-0.2, -0.15) is 0 Å². The summed E-state index contributed by atoms with van der Waals surface area (Å²) in [5.74, 6) is 0. The number of nitrogens with zero attached hydrogens (tertiary/aromatic N) is 2. The van der Waals surface area contributed by atoms with Crippen LogP contribution in [0.1, 0.15) is 6.92 Å². The largest absolute Gasteiger partial charge is 0.456 e. The molecular weight excluding hydrogens is 560 g/mol. The van der Waals surface area contributed by atoms with Crippen LogP contribution in [0.3, 0.4) is 0 Å². The third-order valence-electron chi connectivity index (χ3n) is 7.23. The first-order valence-electron chi connectivity index (χ1n) is 14.9. The summed E-state index contributed by atoms with van der Waals surface area (Å²) < 4.78 is 6.72. The van der Waals surface area contributed by atoms with Crippen LogP contribution in [-0.4, -0.2) is 0 Å². The lowest BCUT2D eigenvalue weighted by Gasteiger charge is -2.27. The van der Waals surface area contributed by atoms with Crippen molar-refractivity contribution < 1.29 is 4.42 Å². The van der Waals surface area contributed by atoms with Crippen LogP contribution in [-0.2, 0) is 0 Å². The maximum Gasteiger partial charge on any atom is 0.138 e. The molecule has 0 saturated heterocycles. The van der Waals surface area contributed by atoms with Crippen molar-refractivity contribution in [2.24, 2.45) is 0 Å². The van der Waals surface area contributed by atoms with Crippen molar-refractivity contribution in [2.75, 3.05) is 9.80 Å². The summed E-state index contributed by atoms with van der Waals surface area (Å²) >= 11 is 0. The standard InChI is InChI=1S/C43H40N2O/c1-9-20-34(13-5)44(37-26-16-15-17-27-37)38-28-29-39-41(30-38)46-42-31-40(32(7)24-18-19-25-33(8)43(39)42)45(35(14-6)21-10-2)36(22-11-3)23-12-4/h9-31H,1-3,5-8H2,4H3/b23-12-,24-18?,25-19?,34-20+,35-21+,36-22+,40-31?. The number of anilines is 3. The van der Waals surface area contributed by atoms with E-state index in [0.29, 0.717) is 11.2 Å². The minimum Gasteiger partial charge on any atom is -0.456 e. The Labute approximate surface area is 272 Å². The van der Waals surface area contributed by atoms with Crippen LogP contribution in [0, 0.1) is 0 Å². The summed E-state index contributed by atoms with van der Waals surface area (Å²) in [6, 6.07) is 26.2. The van der Waals surface area contributed by atoms with Gasteiger partial charge in [-0.05, 0) is 78.1 Å². The van der Waals surface area contributed by atoms with E-state index in [1.54, 1.807) is 24.3 Å². The molecule has 1 heterocycles. The summed E-state index contributed by atoms with van der Waals surface area (Å²) in [6.07, 6.45) is 18.6. The minimum atomic E-state index is 0.649. The molecule has 0 bridgehead atoms. The molecule has 4 aromatic rings. The predicted octanol–water partition coefficient (Wildman–Crippen LogP) is 10.6. The highest BCUT2D eigenvalue weighted by atomic mass is 16.3. The average molecular weight is 601 g/mol. The van der Waals surface area contributed by atoms with Gasteiger partial charge in [0.05, 0.1) is 5.69 Å². The molecule has 1 aromatic heterocycles. The Morgan fingerprint density at radius 3 is 1.87 bits per heavy atom. The molecule has 46 heavy (non-hydrogen) atoms. The zero-order chi connectivity index (χ0) is 33.1. The molecule has 0 spiro atoms. The van der Waals surface area contributed by atoms with E-state index in [0.717, 1.165) is 55.4 Å². The third kappa shape index (κ3) is 7.01. The molecule has 4 rings (SSSR count). The molecule has 3 aromatic carbocycles. The highest BCUT2D eigenvalue weighted by Crippen LogP contribution is 2.36. The van der Waals surface area contributed by atoms with Gasteiger partial charge in [0.2, 0.25) is 0 Å². The summed E-state index contributed by atoms with van der Waals surface area (Å²) in [6.45, 7) is 30.8. The van der Waals surface area contributed by atoms with Gasteiger partial charge in [-0.15, -0.1) is 0 Å².